The van der Waals surface area contributed by atoms with E-state index in [0.29, 0.717) is 12.8 Å². The Labute approximate surface area is 103 Å². The van der Waals surface area contributed by atoms with Crippen LogP contribution in [0.4, 0.5) is 13.2 Å². The average Bonchev–Trinajstić information content (AvgIpc) is 3.06. The first-order valence-corrected chi connectivity index (χ1v) is 5.57. The number of alkyl halides is 3. The van der Waals surface area contributed by atoms with Gasteiger partial charge in [-0.25, -0.2) is 0 Å². The standard InChI is InChI=1S/C12H12BF3O2/c14-12(15,16)10-4-2-1-3-9(10)11(5-6-11)7-8-13(17)18/h1-4,7-8,17-18H,5-6H2/b8-7+. The molecule has 0 radical (unpaired) electrons. The summed E-state index contributed by atoms with van der Waals surface area (Å²) < 4.78 is 38.6. The summed E-state index contributed by atoms with van der Waals surface area (Å²) in [6.45, 7) is 0. The van der Waals surface area contributed by atoms with Crippen LogP contribution in [0.15, 0.2) is 36.3 Å². The van der Waals surface area contributed by atoms with E-state index < -0.39 is 24.3 Å². The Kier molecular flexibility index (Phi) is 3.25. The zero-order valence-corrected chi connectivity index (χ0v) is 9.48. The Bertz CT molecular complexity index is 465. The Balaban J connectivity index is 2.40. The van der Waals surface area contributed by atoms with Gasteiger partial charge >= 0.3 is 13.3 Å². The summed E-state index contributed by atoms with van der Waals surface area (Å²) in [7, 11) is -1.64. The van der Waals surface area contributed by atoms with E-state index in [0.717, 1.165) is 12.0 Å². The molecule has 0 unspecified atom stereocenters. The Morgan fingerprint density at radius 3 is 2.28 bits per heavy atom. The van der Waals surface area contributed by atoms with Crippen LogP contribution in [0.3, 0.4) is 0 Å². The van der Waals surface area contributed by atoms with Crippen LogP contribution in [0.5, 0.6) is 0 Å². The molecule has 0 atom stereocenters. The molecule has 18 heavy (non-hydrogen) atoms. The summed E-state index contributed by atoms with van der Waals surface area (Å²) in [6.07, 6.45) is -1.76. The highest BCUT2D eigenvalue weighted by atomic mass is 19.4. The second-order valence-corrected chi connectivity index (χ2v) is 4.47. The van der Waals surface area contributed by atoms with Gasteiger partial charge in [-0.2, -0.15) is 13.2 Å². The fourth-order valence-electron chi connectivity index (χ4n) is 2.10. The molecule has 1 aliphatic carbocycles. The van der Waals surface area contributed by atoms with Gasteiger partial charge in [0.1, 0.15) is 0 Å². The van der Waals surface area contributed by atoms with Gasteiger partial charge in [-0.15, -0.1) is 0 Å². The Morgan fingerprint density at radius 1 is 1.17 bits per heavy atom. The molecule has 0 amide bonds. The first-order chi connectivity index (χ1) is 8.35. The van der Waals surface area contributed by atoms with Crippen molar-refractivity contribution in [3.63, 3.8) is 0 Å². The van der Waals surface area contributed by atoms with Gasteiger partial charge in [0.15, 0.2) is 0 Å². The van der Waals surface area contributed by atoms with Crippen LogP contribution in [-0.2, 0) is 11.6 Å². The van der Waals surface area contributed by atoms with Crippen molar-refractivity contribution < 1.29 is 23.2 Å². The highest BCUT2D eigenvalue weighted by Crippen LogP contribution is 2.52. The van der Waals surface area contributed by atoms with Gasteiger partial charge in [0, 0.05) is 5.41 Å². The summed E-state index contributed by atoms with van der Waals surface area (Å²) >= 11 is 0. The van der Waals surface area contributed by atoms with Crippen molar-refractivity contribution in [1.82, 2.24) is 0 Å². The van der Waals surface area contributed by atoms with Gasteiger partial charge in [0.2, 0.25) is 0 Å². The van der Waals surface area contributed by atoms with Crippen LogP contribution in [0.25, 0.3) is 0 Å². The van der Waals surface area contributed by atoms with Gasteiger partial charge < -0.3 is 10.0 Å². The molecule has 0 aromatic heterocycles. The van der Waals surface area contributed by atoms with Crippen LogP contribution < -0.4 is 0 Å². The second-order valence-electron chi connectivity index (χ2n) is 4.47. The monoisotopic (exact) mass is 256 g/mol. The van der Waals surface area contributed by atoms with Crippen LogP contribution in [0.2, 0.25) is 0 Å². The molecule has 2 rings (SSSR count). The molecule has 1 aliphatic rings. The third-order valence-corrected chi connectivity index (χ3v) is 3.14. The highest BCUT2D eigenvalue weighted by molar-refractivity contribution is 6.47. The van der Waals surface area contributed by atoms with E-state index >= 15 is 0 Å². The van der Waals surface area contributed by atoms with Crippen LogP contribution >= 0.6 is 0 Å². The van der Waals surface area contributed by atoms with Crippen LogP contribution in [0, 0.1) is 0 Å². The summed E-state index contributed by atoms with van der Waals surface area (Å²) in [5, 5.41) is 17.5. The summed E-state index contributed by atoms with van der Waals surface area (Å²) in [6, 6.07) is 5.42. The average molecular weight is 256 g/mol. The molecule has 1 saturated carbocycles. The first kappa shape index (κ1) is 13.2. The summed E-state index contributed by atoms with van der Waals surface area (Å²) in [4.78, 5) is 0. The largest absolute Gasteiger partial charge is 0.480 e. The smallest absolute Gasteiger partial charge is 0.424 e. The van der Waals surface area contributed by atoms with E-state index in [9.17, 15) is 13.2 Å². The minimum atomic E-state index is -4.39. The lowest BCUT2D eigenvalue weighted by atomic mass is 9.84. The number of halogens is 3. The van der Waals surface area contributed by atoms with Crippen molar-refractivity contribution in [1.29, 1.82) is 0 Å². The highest BCUT2D eigenvalue weighted by Gasteiger charge is 2.47. The summed E-state index contributed by atoms with van der Waals surface area (Å²) in [5.41, 5.74) is -1.15. The van der Waals surface area contributed by atoms with Crippen molar-refractivity contribution in [3.05, 3.63) is 47.4 Å². The SMILES string of the molecule is OB(O)/C=C/C1(c2ccccc2C(F)(F)F)CC1. The number of allylic oxidation sites excluding steroid dienone is 1. The lowest BCUT2D eigenvalue weighted by Crippen LogP contribution is -2.16. The fraction of sp³-hybridized carbons (Fsp3) is 0.333. The predicted molar refractivity (Wildman–Crippen MR) is 61.7 cm³/mol. The molecule has 0 aliphatic heterocycles. The van der Waals surface area contributed by atoms with E-state index in [1.165, 1.54) is 18.2 Å². The molecule has 2 nitrogen and oxygen atoms in total. The molecule has 6 heteroatoms. The van der Waals surface area contributed by atoms with E-state index in [1.807, 2.05) is 0 Å². The molecule has 2 N–H and O–H groups in total. The molecule has 1 aromatic carbocycles. The minimum Gasteiger partial charge on any atom is -0.424 e. The Morgan fingerprint density at radius 2 is 1.78 bits per heavy atom. The van der Waals surface area contributed by atoms with E-state index in [-0.39, 0.29) is 5.56 Å². The van der Waals surface area contributed by atoms with Crippen molar-refractivity contribution >= 4 is 7.12 Å². The van der Waals surface area contributed by atoms with Gasteiger partial charge in [-0.1, -0.05) is 30.3 Å². The number of benzene rings is 1. The number of rotatable bonds is 3. The normalized spacial score (nSPS) is 18.1. The van der Waals surface area contributed by atoms with Crippen molar-refractivity contribution in [3.8, 4) is 0 Å². The summed E-state index contributed by atoms with van der Waals surface area (Å²) in [5.74, 6) is 1.11. The van der Waals surface area contributed by atoms with Crippen molar-refractivity contribution in [2.24, 2.45) is 0 Å². The van der Waals surface area contributed by atoms with Crippen LogP contribution in [-0.4, -0.2) is 17.2 Å². The van der Waals surface area contributed by atoms with E-state index in [2.05, 4.69) is 0 Å². The molecular weight excluding hydrogens is 244 g/mol. The van der Waals surface area contributed by atoms with Crippen LogP contribution in [0.1, 0.15) is 24.0 Å². The molecule has 1 fully saturated rings. The maximum Gasteiger partial charge on any atom is 0.480 e. The zero-order valence-electron chi connectivity index (χ0n) is 9.48. The zero-order chi connectivity index (χ0) is 13.4. The lowest BCUT2D eigenvalue weighted by molar-refractivity contribution is -0.138. The topological polar surface area (TPSA) is 40.5 Å². The maximum atomic E-state index is 12.9. The first-order valence-electron chi connectivity index (χ1n) is 5.57. The van der Waals surface area contributed by atoms with Gasteiger partial charge in [0.05, 0.1) is 5.56 Å². The van der Waals surface area contributed by atoms with Gasteiger partial charge in [0.25, 0.3) is 0 Å². The lowest BCUT2D eigenvalue weighted by Gasteiger charge is -2.18. The minimum absolute atomic E-state index is 0.203. The molecule has 0 saturated heterocycles. The molecule has 0 heterocycles. The quantitative estimate of drug-likeness (QED) is 0.814. The fourth-order valence-corrected chi connectivity index (χ4v) is 2.10. The molecule has 0 bridgehead atoms. The van der Waals surface area contributed by atoms with E-state index in [1.54, 1.807) is 6.07 Å². The van der Waals surface area contributed by atoms with E-state index in [4.69, 9.17) is 10.0 Å². The predicted octanol–water partition coefficient (Wildman–Crippen LogP) is 2.31. The molecular formula is C12H12BF3O2. The Hall–Kier alpha value is -1.27. The molecule has 96 valence electrons. The third kappa shape index (κ3) is 2.59. The number of hydrogen-bond donors (Lipinski definition) is 2. The number of hydrogen-bond acceptors (Lipinski definition) is 2. The van der Waals surface area contributed by atoms with Gasteiger partial charge in [-0.3, -0.25) is 0 Å². The maximum absolute atomic E-state index is 12.9. The van der Waals surface area contributed by atoms with Crippen molar-refractivity contribution in [2.45, 2.75) is 24.4 Å². The van der Waals surface area contributed by atoms with Gasteiger partial charge in [-0.05, 0) is 24.5 Å². The molecule has 1 aromatic rings. The van der Waals surface area contributed by atoms with Crippen molar-refractivity contribution in [2.75, 3.05) is 0 Å². The molecule has 0 spiro atoms. The third-order valence-electron chi connectivity index (χ3n) is 3.14. The second kappa shape index (κ2) is 4.44.